The number of aliphatic carboxylic acids is 1. The van der Waals surface area contributed by atoms with Crippen LogP contribution in [0.4, 0.5) is 0 Å². The highest BCUT2D eigenvalue weighted by Gasteiger charge is 2.16. The lowest BCUT2D eigenvalue weighted by molar-refractivity contribution is -0.137. The summed E-state index contributed by atoms with van der Waals surface area (Å²) in [6, 6.07) is 7.69. The Morgan fingerprint density at radius 2 is 2.05 bits per heavy atom. The number of aromatic nitrogens is 1. The minimum atomic E-state index is -0.805. The molecule has 5 heteroatoms. The molecule has 0 aliphatic heterocycles. The van der Waals surface area contributed by atoms with E-state index in [0.29, 0.717) is 18.5 Å². The van der Waals surface area contributed by atoms with Crippen LogP contribution in [0.5, 0.6) is 0 Å². The predicted octanol–water partition coefficient (Wildman–Crippen LogP) is 2.71. The molecule has 1 amide bonds. The number of amides is 1. The zero-order valence-electron chi connectivity index (χ0n) is 12.3. The van der Waals surface area contributed by atoms with E-state index in [1.54, 1.807) is 0 Å². The van der Waals surface area contributed by atoms with Gasteiger partial charge in [-0.1, -0.05) is 25.1 Å². The maximum atomic E-state index is 12.3. The van der Waals surface area contributed by atoms with Crippen molar-refractivity contribution in [3.8, 4) is 0 Å². The van der Waals surface area contributed by atoms with E-state index >= 15 is 0 Å². The third-order valence-corrected chi connectivity index (χ3v) is 3.58. The number of nitrogens with one attached hydrogen (secondary N) is 2. The van der Waals surface area contributed by atoms with Gasteiger partial charge in [-0.15, -0.1) is 0 Å². The van der Waals surface area contributed by atoms with E-state index in [0.717, 1.165) is 16.6 Å². The van der Waals surface area contributed by atoms with Gasteiger partial charge in [0, 0.05) is 29.6 Å². The van der Waals surface area contributed by atoms with Gasteiger partial charge in [-0.05, 0) is 25.3 Å². The summed E-state index contributed by atoms with van der Waals surface area (Å²) >= 11 is 0. The molecule has 0 fully saturated rings. The first-order chi connectivity index (χ1) is 9.99. The van der Waals surface area contributed by atoms with Crippen molar-refractivity contribution in [2.45, 2.75) is 26.7 Å². The van der Waals surface area contributed by atoms with Crippen LogP contribution < -0.4 is 5.32 Å². The fourth-order valence-corrected chi connectivity index (χ4v) is 2.40. The summed E-state index contributed by atoms with van der Waals surface area (Å²) in [5.74, 6) is -0.789. The van der Waals surface area contributed by atoms with Gasteiger partial charge in [0.15, 0.2) is 0 Å². The normalized spacial score (nSPS) is 12.3. The largest absolute Gasteiger partial charge is 0.481 e. The van der Waals surface area contributed by atoms with Crippen LogP contribution in [-0.2, 0) is 4.79 Å². The molecule has 0 radical (unpaired) electrons. The first kappa shape index (κ1) is 15.1. The first-order valence-corrected chi connectivity index (χ1v) is 7.06. The Kier molecular flexibility index (Phi) is 4.62. The molecule has 0 saturated heterocycles. The number of benzene rings is 1. The van der Waals surface area contributed by atoms with Crippen molar-refractivity contribution in [1.29, 1.82) is 0 Å². The van der Waals surface area contributed by atoms with Gasteiger partial charge in [0.1, 0.15) is 0 Å². The number of carbonyl (C=O) groups excluding carboxylic acids is 1. The SMILES string of the molecule is Cc1[nH]c2ccccc2c1C(=O)NCC(C)CCC(=O)O. The number of aryl methyl sites for hydroxylation is 1. The summed E-state index contributed by atoms with van der Waals surface area (Å²) in [5, 5.41) is 12.5. The highest BCUT2D eigenvalue weighted by molar-refractivity contribution is 6.08. The van der Waals surface area contributed by atoms with Gasteiger partial charge in [0.2, 0.25) is 0 Å². The Balaban J connectivity index is 2.02. The van der Waals surface area contributed by atoms with Gasteiger partial charge >= 0.3 is 5.97 Å². The van der Waals surface area contributed by atoms with Crippen molar-refractivity contribution in [2.24, 2.45) is 5.92 Å². The van der Waals surface area contributed by atoms with Crippen molar-refractivity contribution in [3.63, 3.8) is 0 Å². The number of rotatable bonds is 6. The number of H-pyrrole nitrogens is 1. The number of fused-ring (bicyclic) bond motifs is 1. The fourth-order valence-electron chi connectivity index (χ4n) is 2.40. The summed E-state index contributed by atoms with van der Waals surface area (Å²) < 4.78 is 0. The summed E-state index contributed by atoms with van der Waals surface area (Å²) in [4.78, 5) is 26.1. The monoisotopic (exact) mass is 288 g/mol. The molecular weight excluding hydrogens is 268 g/mol. The number of carboxylic acids is 1. The Hall–Kier alpha value is -2.30. The van der Waals surface area contributed by atoms with Gasteiger partial charge in [-0.2, -0.15) is 0 Å². The van der Waals surface area contributed by atoms with E-state index in [9.17, 15) is 9.59 Å². The van der Waals surface area contributed by atoms with E-state index in [1.807, 2.05) is 38.1 Å². The van der Waals surface area contributed by atoms with Gasteiger partial charge in [0.25, 0.3) is 5.91 Å². The molecule has 2 rings (SSSR count). The maximum absolute atomic E-state index is 12.3. The number of carbonyl (C=O) groups is 2. The van der Waals surface area contributed by atoms with Crippen LogP contribution in [0, 0.1) is 12.8 Å². The molecule has 1 heterocycles. The topological polar surface area (TPSA) is 82.2 Å². The zero-order chi connectivity index (χ0) is 15.4. The number of hydrogen-bond donors (Lipinski definition) is 3. The van der Waals surface area contributed by atoms with E-state index in [4.69, 9.17) is 5.11 Å². The van der Waals surface area contributed by atoms with Crippen molar-refractivity contribution in [2.75, 3.05) is 6.54 Å². The Bertz CT molecular complexity index is 661. The maximum Gasteiger partial charge on any atom is 0.303 e. The molecule has 112 valence electrons. The van der Waals surface area contributed by atoms with Crippen molar-refractivity contribution >= 4 is 22.8 Å². The lowest BCUT2D eigenvalue weighted by atomic mass is 10.1. The highest BCUT2D eigenvalue weighted by atomic mass is 16.4. The second kappa shape index (κ2) is 6.43. The number of hydrogen-bond acceptors (Lipinski definition) is 2. The molecule has 0 bridgehead atoms. The van der Waals surface area contributed by atoms with Crippen LogP contribution >= 0.6 is 0 Å². The molecule has 1 unspecified atom stereocenters. The second-order valence-electron chi connectivity index (χ2n) is 5.42. The number of aromatic amines is 1. The quantitative estimate of drug-likeness (QED) is 0.764. The van der Waals surface area contributed by atoms with Crippen LogP contribution in [0.25, 0.3) is 10.9 Å². The molecule has 1 atom stereocenters. The molecule has 5 nitrogen and oxygen atoms in total. The average Bonchev–Trinajstić information content (AvgIpc) is 2.78. The minimum absolute atomic E-state index is 0.118. The molecule has 0 aliphatic rings. The van der Waals surface area contributed by atoms with Gasteiger partial charge < -0.3 is 15.4 Å². The van der Waals surface area contributed by atoms with Crippen molar-refractivity contribution in [3.05, 3.63) is 35.5 Å². The summed E-state index contributed by atoms with van der Waals surface area (Å²) in [7, 11) is 0. The van der Waals surface area contributed by atoms with Crippen molar-refractivity contribution < 1.29 is 14.7 Å². The molecule has 21 heavy (non-hydrogen) atoms. The predicted molar refractivity (Wildman–Crippen MR) is 81.4 cm³/mol. The van der Waals surface area contributed by atoms with Gasteiger partial charge in [-0.3, -0.25) is 9.59 Å². The molecule has 3 N–H and O–H groups in total. The van der Waals surface area contributed by atoms with Crippen LogP contribution in [0.3, 0.4) is 0 Å². The zero-order valence-corrected chi connectivity index (χ0v) is 12.3. The second-order valence-corrected chi connectivity index (χ2v) is 5.42. The molecule has 0 aliphatic carbocycles. The lowest BCUT2D eigenvalue weighted by Crippen LogP contribution is -2.28. The van der Waals surface area contributed by atoms with Crippen molar-refractivity contribution in [1.82, 2.24) is 10.3 Å². The molecular formula is C16H20N2O3. The molecule has 2 aromatic rings. The van der Waals surface area contributed by atoms with E-state index in [1.165, 1.54) is 0 Å². The molecule has 1 aromatic heterocycles. The third-order valence-electron chi connectivity index (χ3n) is 3.58. The van der Waals surface area contributed by atoms with Crippen LogP contribution in [-0.4, -0.2) is 28.5 Å². The molecule has 1 aromatic carbocycles. The molecule has 0 spiro atoms. The van der Waals surface area contributed by atoms with Crippen LogP contribution in [0.1, 0.15) is 35.8 Å². The number of carboxylic acid groups (broad SMARTS) is 1. The Morgan fingerprint density at radius 1 is 1.33 bits per heavy atom. The van der Waals surface area contributed by atoms with E-state index in [-0.39, 0.29) is 18.2 Å². The first-order valence-electron chi connectivity index (χ1n) is 7.06. The van der Waals surface area contributed by atoms with Crippen LogP contribution in [0.15, 0.2) is 24.3 Å². The fraction of sp³-hybridized carbons (Fsp3) is 0.375. The highest BCUT2D eigenvalue weighted by Crippen LogP contribution is 2.21. The van der Waals surface area contributed by atoms with E-state index < -0.39 is 5.97 Å². The van der Waals surface area contributed by atoms with Gasteiger partial charge in [0.05, 0.1) is 5.56 Å². The third kappa shape index (κ3) is 3.62. The Morgan fingerprint density at radius 3 is 2.76 bits per heavy atom. The van der Waals surface area contributed by atoms with E-state index in [2.05, 4.69) is 10.3 Å². The summed E-state index contributed by atoms with van der Waals surface area (Å²) in [6.45, 7) is 4.29. The molecule has 0 saturated carbocycles. The average molecular weight is 288 g/mol. The smallest absolute Gasteiger partial charge is 0.303 e. The standard InChI is InChI=1S/C16H20N2O3/c1-10(7-8-14(19)20)9-17-16(21)15-11(2)18-13-6-4-3-5-12(13)15/h3-6,10,18H,7-9H2,1-2H3,(H,17,21)(H,19,20). The summed E-state index contributed by atoms with van der Waals surface area (Å²) in [5.41, 5.74) is 2.45. The van der Waals surface area contributed by atoms with Crippen LogP contribution in [0.2, 0.25) is 0 Å². The Labute approximate surface area is 123 Å². The minimum Gasteiger partial charge on any atom is -0.481 e. The van der Waals surface area contributed by atoms with Gasteiger partial charge in [-0.25, -0.2) is 0 Å². The summed E-state index contributed by atoms with van der Waals surface area (Å²) in [6.07, 6.45) is 0.686. The lowest BCUT2D eigenvalue weighted by Gasteiger charge is -2.11. The number of para-hydroxylation sites is 1.